The van der Waals surface area contributed by atoms with Crippen LogP contribution in [0.15, 0.2) is 0 Å². The second-order valence-corrected chi connectivity index (χ2v) is 4.02. The number of rotatable bonds is 3. The monoisotopic (exact) mass is 200 g/mol. The Morgan fingerprint density at radius 3 is 2.50 bits per heavy atom. The number of hydrogen-bond donors (Lipinski definition) is 2. The molecule has 0 spiro atoms. The lowest BCUT2D eigenvalue weighted by atomic mass is 9.91. The van der Waals surface area contributed by atoms with Crippen molar-refractivity contribution >= 4 is 5.97 Å². The summed E-state index contributed by atoms with van der Waals surface area (Å²) in [6.07, 6.45) is 4.21. The Bertz CT molecular complexity index is 189. The maximum Gasteiger partial charge on any atom is 0.322 e. The molecule has 0 amide bonds. The van der Waals surface area contributed by atoms with Gasteiger partial charge in [0.1, 0.15) is 6.04 Å². The summed E-state index contributed by atoms with van der Waals surface area (Å²) in [5, 5.41) is 3.26. The van der Waals surface area contributed by atoms with Crippen molar-refractivity contribution < 1.29 is 9.53 Å². The van der Waals surface area contributed by atoms with Crippen LogP contribution in [0.5, 0.6) is 0 Å². The lowest BCUT2D eigenvalue weighted by molar-refractivity contribution is -0.142. The molecule has 0 saturated heterocycles. The summed E-state index contributed by atoms with van der Waals surface area (Å²) in [5.41, 5.74) is 5.79. The second kappa shape index (κ2) is 5.32. The van der Waals surface area contributed by atoms with Crippen LogP contribution in [0.3, 0.4) is 0 Å². The Kier molecular flexibility index (Phi) is 4.35. The van der Waals surface area contributed by atoms with E-state index in [1.807, 2.05) is 6.92 Å². The molecule has 82 valence electrons. The van der Waals surface area contributed by atoms with Gasteiger partial charge in [0.15, 0.2) is 0 Å². The van der Waals surface area contributed by atoms with Gasteiger partial charge in [0.2, 0.25) is 0 Å². The van der Waals surface area contributed by atoms with Crippen molar-refractivity contribution in [1.82, 2.24) is 5.32 Å². The maximum atomic E-state index is 11.1. The molecule has 0 aromatic rings. The summed E-state index contributed by atoms with van der Waals surface area (Å²) >= 11 is 0. The number of methoxy groups -OCH3 is 1. The van der Waals surface area contributed by atoms with E-state index < -0.39 is 0 Å². The molecule has 0 aliphatic heterocycles. The van der Waals surface area contributed by atoms with E-state index in [1.54, 1.807) is 0 Å². The predicted octanol–water partition coefficient (Wildman–Crippen LogP) is 0.407. The van der Waals surface area contributed by atoms with E-state index in [2.05, 4.69) is 10.1 Å². The fourth-order valence-corrected chi connectivity index (χ4v) is 1.88. The van der Waals surface area contributed by atoms with E-state index >= 15 is 0 Å². The summed E-state index contributed by atoms with van der Waals surface area (Å²) in [4.78, 5) is 11.1. The van der Waals surface area contributed by atoms with Gasteiger partial charge in [-0.25, -0.2) is 0 Å². The van der Waals surface area contributed by atoms with Crippen LogP contribution >= 0.6 is 0 Å². The minimum atomic E-state index is -0.209. The first-order chi connectivity index (χ1) is 6.63. The molecular formula is C10H20N2O2. The minimum absolute atomic E-state index is 0.195. The highest BCUT2D eigenvalue weighted by Crippen LogP contribution is 2.17. The fourth-order valence-electron chi connectivity index (χ4n) is 1.88. The van der Waals surface area contributed by atoms with Crippen molar-refractivity contribution in [2.75, 3.05) is 7.11 Å². The molecular weight excluding hydrogens is 180 g/mol. The second-order valence-electron chi connectivity index (χ2n) is 4.02. The predicted molar refractivity (Wildman–Crippen MR) is 54.8 cm³/mol. The van der Waals surface area contributed by atoms with Gasteiger partial charge in [0, 0.05) is 12.1 Å². The first kappa shape index (κ1) is 11.5. The van der Waals surface area contributed by atoms with Crippen molar-refractivity contribution in [2.45, 2.75) is 50.7 Å². The van der Waals surface area contributed by atoms with Crippen molar-refractivity contribution in [3.8, 4) is 0 Å². The smallest absolute Gasteiger partial charge is 0.322 e. The van der Waals surface area contributed by atoms with Crippen LogP contribution < -0.4 is 11.1 Å². The molecule has 0 aromatic carbocycles. The van der Waals surface area contributed by atoms with Gasteiger partial charge in [-0.05, 0) is 32.6 Å². The topological polar surface area (TPSA) is 64.3 Å². The fraction of sp³-hybridized carbons (Fsp3) is 0.900. The molecule has 0 radical (unpaired) electrons. The number of hydrogen-bond acceptors (Lipinski definition) is 4. The average Bonchev–Trinajstić information content (AvgIpc) is 2.20. The molecule has 0 unspecified atom stereocenters. The number of carbonyl (C=O) groups excluding carboxylic acids is 1. The van der Waals surface area contributed by atoms with Gasteiger partial charge < -0.3 is 15.8 Å². The Morgan fingerprint density at radius 2 is 2.00 bits per heavy atom. The molecule has 0 heterocycles. The van der Waals surface area contributed by atoms with Crippen LogP contribution in [0, 0.1) is 0 Å². The number of nitrogens with two attached hydrogens (primary N) is 1. The molecule has 0 aromatic heterocycles. The maximum absolute atomic E-state index is 11.1. The highest BCUT2D eigenvalue weighted by atomic mass is 16.5. The van der Waals surface area contributed by atoms with E-state index in [0.717, 1.165) is 25.7 Å². The van der Waals surface area contributed by atoms with Crippen molar-refractivity contribution in [3.05, 3.63) is 0 Å². The lowest BCUT2D eigenvalue weighted by Gasteiger charge is -2.28. The van der Waals surface area contributed by atoms with Gasteiger partial charge in [-0.3, -0.25) is 4.79 Å². The average molecular weight is 200 g/mol. The van der Waals surface area contributed by atoms with Crippen molar-refractivity contribution in [3.63, 3.8) is 0 Å². The normalized spacial score (nSPS) is 29.6. The summed E-state index contributed by atoms with van der Waals surface area (Å²) in [6, 6.07) is 0.560. The summed E-state index contributed by atoms with van der Waals surface area (Å²) in [5.74, 6) is -0.195. The Morgan fingerprint density at radius 1 is 1.43 bits per heavy atom. The molecule has 1 aliphatic rings. The zero-order valence-corrected chi connectivity index (χ0v) is 8.95. The molecule has 14 heavy (non-hydrogen) atoms. The van der Waals surface area contributed by atoms with Crippen LogP contribution in [0.25, 0.3) is 0 Å². The highest BCUT2D eigenvalue weighted by Gasteiger charge is 2.22. The molecule has 1 atom stereocenters. The van der Waals surface area contributed by atoms with Gasteiger partial charge in [-0.2, -0.15) is 0 Å². The van der Waals surface area contributed by atoms with Crippen LogP contribution in [-0.2, 0) is 9.53 Å². The third-order valence-electron chi connectivity index (χ3n) is 2.81. The lowest BCUT2D eigenvalue weighted by Crippen LogP contribution is -2.45. The Labute approximate surface area is 85.2 Å². The summed E-state index contributed by atoms with van der Waals surface area (Å²) in [6.45, 7) is 1.83. The summed E-state index contributed by atoms with van der Waals surface area (Å²) in [7, 11) is 1.41. The van der Waals surface area contributed by atoms with Gasteiger partial charge in [0.25, 0.3) is 0 Å². The third kappa shape index (κ3) is 3.27. The molecule has 1 saturated carbocycles. The standard InChI is InChI=1S/C10H20N2O2/c1-7(10(13)14-2)12-9-5-3-8(11)4-6-9/h7-9,12H,3-6,11H2,1-2H3/t7-,8?,9?/m0/s1. The van der Waals surface area contributed by atoms with E-state index in [9.17, 15) is 4.79 Å². The number of esters is 1. The van der Waals surface area contributed by atoms with Gasteiger partial charge in [-0.15, -0.1) is 0 Å². The SMILES string of the molecule is COC(=O)[C@H](C)NC1CCC(N)CC1. The largest absolute Gasteiger partial charge is 0.468 e. The Hall–Kier alpha value is -0.610. The molecule has 1 aliphatic carbocycles. The van der Waals surface area contributed by atoms with Gasteiger partial charge >= 0.3 is 5.97 Å². The zero-order valence-electron chi connectivity index (χ0n) is 8.95. The summed E-state index contributed by atoms with van der Waals surface area (Å²) < 4.78 is 4.65. The Balaban J connectivity index is 2.27. The molecule has 1 fully saturated rings. The van der Waals surface area contributed by atoms with E-state index in [1.165, 1.54) is 7.11 Å². The highest BCUT2D eigenvalue weighted by molar-refractivity contribution is 5.75. The zero-order chi connectivity index (χ0) is 10.6. The van der Waals surface area contributed by atoms with Crippen LogP contribution in [0.4, 0.5) is 0 Å². The molecule has 0 bridgehead atoms. The van der Waals surface area contributed by atoms with E-state index in [4.69, 9.17) is 5.73 Å². The quantitative estimate of drug-likeness (QED) is 0.648. The number of nitrogens with one attached hydrogen (secondary N) is 1. The van der Waals surface area contributed by atoms with Gasteiger partial charge in [-0.1, -0.05) is 0 Å². The third-order valence-corrected chi connectivity index (χ3v) is 2.81. The van der Waals surface area contributed by atoms with Crippen molar-refractivity contribution in [1.29, 1.82) is 0 Å². The first-order valence-electron chi connectivity index (χ1n) is 5.23. The van der Waals surface area contributed by atoms with Crippen LogP contribution in [-0.4, -0.2) is 31.2 Å². The minimum Gasteiger partial charge on any atom is -0.468 e. The molecule has 3 N–H and O–H groups in total. The van der Waals surface area contributed by atoms with Crippen LogP contribution in [0.1, 0.15) is 32.6 Å². The van der Waals surface area contributed by atoms with Crippen molar-refractivity contribution in [2.24, 2.45) is 5.73 Å². The van der Waals surface area contributed by atoms with E-state index in [0.29, 0.717) is 12.1 Å². The van der Waals surface area contributed by atoms with E-state index in [-0.39, 0.29) is 12.0 Å². The van der Waals surface area contributed by atoms with Crippen LogP contribution in [0.2, 0.25) is 0 Å². The molecule has 4 nitrogen and oxygen atoms in total. The molecule has 1 rings (SSSR count). The van der Waals surface area contributed by atoms with Gasteiger partial charge in [0.05, 0.1) is 7.11 Å². The number of ether oxygens (including phenoxy) is 1. The first-order valence-corrected chi connectivity index (χ1v) is 5.23. The number of carbonyl (C=O) groups is 1. The molecule has 4 heteroatoms.